The van der Waals surface area contributed by atoms with Crippen molar-refractivity contribution in [1.82, 2.24) is 4.90 Å². The summed E-state index contributed by atoms with van der Waals surface area (Å²) in [6.07, 6.45) is 1.83. The number of carboxylic acid groups (broad SMARTS) is 1. The number of amides is 2. The number of carboxylic acids is 1. The normalized spacial score (nSPS) is 21.4. The molecule has 1 heterocycles. The number of carbonyl (C=O) groups is 3. The summed E-state index contributed by atoms with van der Waals surface area (Å²) in [5.41, 5.74) is 2.42. The Hall–Kier alpha value is -3.15. The van der Waals surface area contributed by atoms with E-state index < -0.39 is 5.97 Å². The van der Waals surface area contributed by atoms with Crippen molar-refractivity contribution in [3.63, 3.8) is 0 Å². The molecule has 0 radical (unpaired) electrons. The third kappa shape index (κ3) is 4.31. The van der Waals surface area contributed by atoms with Crippen LogP contribution in [0, 0.1) is 11.8 Å². The van der Waals surface area contributed by atoms with E-state index in [1.165, 1.54) is 5.56 Å². The van der Waals surface area contributed by atoms with E-state index in [1.807, 2.05) is 18.2 Å². The summed E-state index contributed by atoms with van der Waals surface area (Å²) in [6, 6.07) is 17.0. The fraction of sp³-hybridized carbons (Fsp3) is 0.348. The van der Waals surface area contributed by atoms with Crippen LogP contribution in [0.2, 0.25) is 0 Å². The number of anilines is 1. The number of nitrogens with zero attached hydrogens (tertiary/aromatic N) is 1. The third-order valence-electron chi connectivity index (χ3n) is 5.89. The van der Waals surface area contributed by atoms with Gasteiger partial charge < -0.3 is 15.3 Å². The monoisotopic (exact) mass is 392 g/mol. The van der Waals surface area contributed by atoms with Crippen molar-refractivity contribution in [3.8, 4) is 0 Å². The van der Waals surface area contributed by atoms with Gasteiger partial charge in [-0.15, -0.1) is 0 Å². The van der Waals surface area contributed by atoms with Crippen LogP contribution in [0.25, 0.3) is 0 Å². The van der Waals surface area contributed by atoms with E-state index in [9.17, 15) is 14.4 Å². The average Bonchev–Trinajstić information content (AvgIpc) is 3.56. The minimum Gasteiger partial charge on any atom is -0.481 e. The lowest BCUT2D eigenvalue weighted by Crippen LogP contribution is -2.40. The Balaban J connectivity index is 1.31. The molecule has 2 atom stereocenters. The Morgan fingerprint density at radius 1 is 0.931 bits per heavy atom. The van der Waals surface area contributed by atoms with Crippen LogP contribution in [-0.2, 0) is 9.59 Å². The van der Waals surface area contributed by atoms with Gasteiger partial charge in [-0.3, -0.25) is 14.4 Å². The predicted octanol–water partition coefficient (Wildman–Crippen LogP) is 3.37. The Kier molecular flexibility index (Phi) is 5.34. The first-order valence-corrected chi connectivity index (χ1v) is 10.0. The molecule has 29 heavy (non-hydrogen) atoms. The molecule has 0 unspecified atom stereocenters. The van der Waals surface area contributed by atoms with Gasteiger partial charge in [-0.2, -0.15) is 0 Å². The number of hydrogen-bond donors (Lipinski definition) is 2. The number of nitrogens with one attached hydrogen (secondary N) is 1. The van der Waals surface area contributed by atoms with Crippen LogP contribution in [0.1, 0.15) is 41.1 Å². The molecule has 2 aromatic carbocycles. The Morgan fingerprint density at radius 2 is 1.59 bits per heavy atom. The lowest BCUT2D eigenvalue weighted by molar-refractivity contribution is -0.143. The molecule has 150 valence electrons. The molecule has 2 aliphatic rings. The van der Waals surface area contributed by atoms with Crippen LogP contribution >= 0.6 is 0 Å². The summed E-state index contributed by atoms with van der Waals surface area (Å²) >= 11 is 0. The Bertz CT molecular complexity index is 902. The van der Waals surface area contributed by atoms with E-state index in [-0.39, 0.29) is 29.6 Å². The van der Waals surface area contributed by atoms with Crippen molar-refractivity contribution in [1.29, 1.82) is 0 Å². The molecule has 2 aromatic rings. The first-order chi connectivity index (χ1) is 14.0. The van der Waals surface area contributed by atoms with Gasteiger partial charge in [0.2, 0.25) is 5.91 Å². The van der Waals surface area contributed by atoms with E-state index in [0.717, 1.165) is 6.42 Å². The van der Waals surface area contributed by atoms with Crippen molar-refractivity contribution in [3.05, 3.63) is 65.7 Å². The summed E-state index contributed by atoms with van der Waals surface area (Å²) in [6.45, 7) is 0.910. The minimum atomic E-state index is -0.789. The zero-order valence-electron chi connectivity index (χ0n) is 16.1. The van der Waals surface area contributed by atoms with E-state index in [1.54, 1.807) is 29.2 Å². The van der Waals surface area contributed by atoms with Gasteiger partial charge in [-0.25, -0.2) is 0 Å². The van der Waals surface area contributed by atoms with Crippen LogP contribution in [0.15, 0.2) is 54.6 Å². The number of carbonyl (C=O) groups excluding carboxylic acids is 2. The summed E-state index contributed by atoms with van der Waals surface area (Å²) in [4.78, 5) is 37.8. The summed E-state index contributed by atoms with van der Waals surface area (Å²) in [5, 5.41) is 12.0. The second-order valence-electron chi connectivity index (χ2n) is 7.83. The lowest BCUT2D eigenvalue weighted by atomic mass is 9.96. The highest BCUT2D eigenvalue weighted by Crippen LogP contribution is 2.47. The molecular formula is C23H24N2O4. The van der Waals surface area contributed by atoms with Gasteiger partial charge in [-0.05, 0) is 55.0 Å². The summed E-state index contributed by atoms with van der Waals surface area (Å²) in [7, 11) is 0. The molecule has 6 nitrogen and oxygen atoms in total. The van der Waals surface area contributed by atoms with Crippen LogP contribution < -0.4 is 5.32 Å². The number of piperidine rings is 1. The highest BCUT2D eigenvalue weighted by atomic mass is 16.4. The molecule has 2 N–H and O–H groups in total. The SMILES string of the molecule is O=C(O)C1CCN(C(=O)c2ccc(NC(=O)[C@@H]3C[C@@H]3c3ccccc3)cc2)CC1. The highest BCUT2D eigenvalue weighted by Gasteiger charge is 2.43. The standard InChI is InChI=1S/C23H24N2O4/c26-21(20-14-19(20)15-4-2-1-3-5-15)24-18-8-6-16(7-9-18)22(27)25-12-10-17(11-13-25)23(28)29/h1-9,17,19-20H,10-14H2,(H,24,26)(H,28,29)/t19-,20-/m1/s1. The largest absolute Gasteiger partial charge is 0.481 e. The molecule has 0 bridgehead atoms. The van der Waals surface area contributed by atoms with Gasteiger partial charge in [0.05, 0.1) is 5.92 Å². The topological polar surface area (TPSA) is 86.7 Å². The van der Waals surface area contributed by atoms with E-state index >= 15 is 0 Å². The average molecular weight is 392 g/mol. The molecule has 1 aliphatic heterocycles. The van der Waals surface area contributed by atoms with Gasteiger partial charge in [0.15, 0.2) is 0 Å². The van der Waals surface area contributed by atoms with E-state index in [2.05, 4.69) is 17.4 Å². The second-order valence-corrected chi connectivity index (χ2v) is 7.83. The maximum Gasteiger partial charge on any atom is 0.306 e. The van der Waals surface area contributed by atoms with Gasteiger partial charge in [0, 0.05) is 30.3 Å². The zero-order chi connectivity index (χ0) is 20.4. The molecule has 2 amide bonds. The molecule has 1 saturated heterocycles. The number of hydrogen-bond acceptors (Lipinski definition) is 3. The van der Waals surface area contributed by atoms with Crippen LogP contribution in [0.4, 0.5) is 5.69 Å². The van der Waals surface area contributed by atoms with Gasteiger partial charge in [0.25, 0.3) is 5.91 Å². The number of likely N-dealkylation sites (tertiary alicyclic amines) is 1. The van der Waals surface area contributed by atoms with Crippen molar-refractivity contribution >= 4 is 23.5 Å². The predicted molar refractivity (Wildman–Crippen MR) is 109 cm³/mol. The number of aliphatic carboxylic acids is 1. The van der Waals surface area contributed by atoms with Crippen LogP contribution in [-0.4, -0.2) is 40.9 Å². The van der Waals surface area contributed by atoms with Crippen LogP contribution in [0.3, 0.4) is 0 Å². The first kappa shape index (κ1) is 19.2. The molecular weight excluding hydrogens is 368 g/mol. The molecule has 1 aliphatic carbocycles. The molecule has 6 heteroatoms. The molecule has 1 saturated carbocycles. The highest BCUT2D eigenvalue weighted by molar-refractivity contribution is 5.97. The van der Waals surface area contributed by atoms with E-state index in [0.29, 0.717) is 37.2 Å². The molecule has 0 spiro atoms. The summed E-state index contributed by atoms with van der Waals surface area (Å²) < 4.78 is 0. The maximum atomic E-state index is 12.6. The van der Waals surface area contributed by atoms with Gasteiger partial charge in [-0.1, -0.05) is 30.3 Å². The van der Waals surface area contributed by atoms with E-state index in [4.69, 9.17) is 5.11 Å². The smallest absolute Gasteiger partial charge is 0.306 e. The fourth-order valence-corrected chi connectivity index (χ4v) is 4.00. The zero-order valence-corrected chi connectivity index (χ0v) is 16.1. The third-order valence-corrected chi connectivity index (χ3v) is 5.89. The summed E-state index contributed by atoms with van der Waals surface area (Å²) in [5.74, 6) is -0.965. The fourth-order valence-electron chi connectivity index (χ4n) is 4.00. The van der Waals surface area contributed by atoms with Gasteiger partial charge >= 0.3 is 5.97 Å². The van der Waals surface area contributed by atoms with Crippen LogP contribution in [0.5, 0.6) is 0 Å². The van der Waals surface area contributed by atoms with Crippen molar-refractivity contribution in [2.45, 2.75) is 25.2 Å². The minimum absolute atomic E-state index is 0.00533. The number of rotatable bonds is 5. The maximum absolute atomic E-state index is 12.6. The molecule has 2 fully saturated rings. The Labute approximate surface area is 169 Å². The first-order valence-electron chi connectivity index (χ1n) is 10.0. The van der Waals surface area contributed by atoms with Crippen molar-refractivity contribution in [2.24, 2.45) is 11.8 Å². The molecule has 4 rings (SSSR count). The lowest BCUT2D eigenvalue weighted by Gasteiger charge is -2.30. The molecule has 0 aromatic heterocycles. The van der Waals surface area contributed by atoms with Crippen molar-refractivity contribution in [2.75, 3.05) is 18.4 Å². The number of benzene rings is 2. The Morgan fingerprint density at radius 3 is 2.21 bits per heavy atom. The second kappa shape index (κ2) is 8.07. The van der Waals surface area contributed by atoms with Gasteiger partial charge in [0.1, 0.15) is 0 Å². The quantitative estimate of drug-likeness (QED) is 0.817. The van der Waals surface area contributed by atoms with Crippen molar-refractivity contribution < 1.29 is 19.5 Å².